The molecule has 0 aliphatic carbocycles. The molecule has 32 heavy (non-hydrogen) atoms. The molecule has 0 atom stereocenters. The largest absolute Gasteiger partial charge is 0.497 e. The van der Waals surface area contributed by atoms with E-state index in [0.717, 1.165) is 28.2 Å². The normalized spacial score (nSPS) is 14.8. The minimum absolute atomic E-state index is 0.0881. The van der Waals surface area contributed by atoms with Crippen molar-refractivity contribution in [2.45, 2.75) is 13.2 Å². The van der Waals surface area contributed by atoms with Crippen LogP contribution in [0.3, 0.4) is 0 Å². The minimum atomic E-state index is -0.0881. The van der Waals surface area contributed by atoms with E-state index >= 15 is 0 Å². The van der Waals surface area contributed by atoms with Gasteiger partial charge < -0.3 is 9.47 Å². The predicted octanol–water partition coefficient (Wildman–Crippen LogP) is 6.33. The summed E-state index contributed by atoms with van der Waals surface area (Å²) in [5.74, 6) is 1.42. The van der Waals surface area contributed by atoms with E-state index in [1.807, 2.05) is 78.9 Å². The van der Waals surface area contributed by atoms with Crippen molar-refractivity contribution in [3.8, 4) is 11.5 Å². The summed E-state index contributed by atoms with van der Waals surface area (Å²) in [6, 6.07) is 22.8. The zero-order valence-corrected chi connectivity index (χ0v) is 19.7. The maximum atomic E-state index is 12.9. The number of thiocarbonyl (C=S) groups is 1. The van der Waals surface area contributed by atoms with Crippen molar-refractivity contribution in [2.75, 3.05) is 7.11 Å². The number of hydrogen-bond acceptors (Lipinski definition) is 5. The van der Waals surface area contributed by atoms with E-state index in [0.29, 0.717) is 27.4 Å². The van der Waals surface area contributed by atoms with Crippen LogP contribution in [-0.2, 0) is 17.9 Å². The van der Waals surface area contributed by atoms with Crippen molar-refractivity contribution in [2.24, 2.45) is 0 Å². The fraction of sp³-hybridized carbons (Fsp3) is 0.120. The molecule has 7 heteroatoms. The van der Waals surface area contributed by atoms with Gasteiger partial charge in [-0.1, -0.05) is 78.0 Å². The second kappa shape index (κ2) is 10.2. The Balaban J connectivity index is 1.40. The van der Waals surface area contributed by atoms with Crippen molar-refractivity contribution >= 4 is 51.9 Å². The molecule has 4 nitrogen and oxygen atoms in total. The number of benzene rings is 3. The molecule has 162 valence electrons. The van der Waals surface area contributed by atoms with Gasteiger partial charge in [-0.2, -0.15) is 0 Å². The SMILES string of the molecule is COc1ccc(CN2C(=O)/C(=C/c3ccc(OCc4ccccc4Cl)cc3)SC2=S)cc1. The van der Waals surface area contributed by atoms with Gasteiger partial charge in [-0.3, -0.25) is 9.69 Å². The molecule has 1 aliphatic rings. The van der Waals surface area contributed by atoms with Crippen molar-refractivity contribution in [1.29, 1.82) is 0 Å². The van der Waals surface area contributed by atoms with Gasteiger partial charge in [-0.05, 0) is 47.5 Å². The topological polar surface area (TPSA) is 38.8 Å². The molecule has 1 fully saturated rings. The van der Waals surface area contributed by atoms with Crippen LogP contribution in [0.4, 0.5) is 0 Å². The number of carbonyl (C=O) groups excluding carboxylic acids is 1. The Bertz CT molecular complexity index is 1160. The van der Waals surface area contributed by atoms with E-state index in [-0.39, 0.29) is 5.91 Å². The fourth-order valence-corrected chi connectivity index (χ4v) is 4.58. The number of methoxy groups -OCH3 is 1. The second-order valence-electron chi connectivity index (χ2n) is 7.07. The summed E-state index contributed by atoms with van der Waals surface area (Å²) in [5, 5.41) is 0.681. The van der Waals surface area contributed by atoms with Crippen LogP contribution < -0.4 is 9.47 Å². The van der Waals surface area contributed by atoms with Crippen molar-refractivity contribution in [1.82, 2.24) is 4.90 Å². The van der Waals surface area contributed by atoms with Crippen LogP contribution in [0.2, 0.25) is 5.02 Å². The first kappa shape index (κ1) is 22.4. The van der Waals surface area contributed by atoms with Gasteiger partial charge in [0, 0.05) is 10.6 Å². The number of ether oxygens (including phenoxy) is 2. The molecule has 0 unspecified atom stereocenters. The lowest BCUT2D eigenvalue weighted by molar-refractivity contribution is -0.122. The van der Waals surface area contributed by atoms with Crippen molar-refractivity contribution in [3.05, 3.63) is 99.4 Å². The first-order valence-electron chi connectivity index (χ1n) is 9.88. The van der Waals surface area contributed by atoms with Gasteiger partial charge in [-0.15, -0.1) is 0 Å². The van der Waals surface area contributed by atoms with Crippen molar-refractivity contribution < 1.29 is 14.3 Å². The van der Waals surface area contributed by atoms with E-state index in [1.54, 1.807) is 12.0 Å². The molecular formula is C25H20ClNO3S2. The molecular weight excluding hydrogens is 462 g/mol. The molecule has 0 spiro atoms. The number of rotatable bonds is 7. The maximum absolute atomic E-state index is 12.9. The van der Waals surface area contributed by atoms with E-state index < -0.39 is 0 Å². The van der Waals surface area contributed by atoms with Crippen LogP contribution in [-0.4, -0.2) is 22.2 Å². The van der Waals surface area contributed by atoms with Gasteiger partial charge in [-0.25, -0.2) is 0 Å². The summed E-state index contributed by atoms with van der Waals surface area (Å²) in [6.45, 7) is 0.823. The molecule has 3 aromatic rings. The first-order chi connectivity index (χ1) is 15.5. The molecule has 3 aromatic carbocycles. The van der Waals surface area contributed by atoms with E-state index in [2.05, 4.69) is 0 Å². The molecule has 1 heterocycles. The van der Waals surface area contributed by atoms with Crippen LogP contribution in [0, 0.1) is 0 Å². The van der Waals surface area contributed by atoms with Gasteiger partial charge in [0.1, 0.15) is 22.4 Å². The number of hydrogen-bond donors (Lipinski definition) is 0. The lowest BCUT2D eigenvalue weighted by Gasteiger charge is -2.14. The van der Waals surface area contributed by atoms with Crippen LogP contribution in [0.5, 0.6) is 11.5 Å². The third-order valence-electron chi connectivity index (χ3n) is 4.90. The van der Waals surface area contributed by atoms with Gasteiger partial charge in [0.05, 0.1) is 18.6 Å². The molecule has 0 aromatic heterocycles. The van der Waals surface area contributed by atoms with Gasteiger partial charge in [0.2, 0.25) is 0 Å². The number of carbonyl (C=O) groups is 1. The monoisotopic (exact) mass is 481 g/mol. The standard InChI is InChI=1S/C25H20ClNO3S2/c1-29-20-10-8-18(9-11-20)15-27-24(28)23(32-25(27)31)14-17-6-12-21(13-7-17)30-16-19-4-2-3-5-22(19)26/h2-14H,15-16H2,1H3/b23-14-. The average Bonchev–Trinajstić information content (AvgIpc) is 3.07. The van der Waals surface area contributed by atoms with Crippen molar-refractivity contribution in [3.63, 3.8) is 0 Å². The summed E-state index contributed by atoms with van der Waals surface area (Å²) >= 11 is 12.9. The Hall–Kier alpha value is -2.80. The number of amides is 1. The average molecular weight is 482 g/mol. The Labute approximate surface area is 201 Å². The predicted molar refractivity (Wildman–Crippen MR) is 134 cm³/mol. The summed E-state index contributed by atoms with van der Waals surface area (Å²) < 4.78 is 11.6. The third-order valence-corrected chi connectivity index (χ3v) is 6.65. The van der Waals surface area contributed by atoms with Crippen LogP contribution in [0.25, 0.3) is 6.08 Å². The summed E-state index contributed by atoms with van der Waals surface area (Å²) in [4.78, 5) is 15.1. The maximum Gasteiger partial charge on any atom is 0.266 e. The molecule has 0 saturated carbocycles. The Morgan fingerprint density at radius 2 is 1.69 bits per heavy atom. The number of halogens is 1. The summed E-state index contributed by atoms with van der Waals surface area (Å²) in [5.41, 5.74) is 2.82. The molecule has 1 saturated heterocycles. The van der Waals surface area contributed by atoms with E-state index in [1.165, 1.54) is 11.8 Å². The minimum Gasteiger partial charge on any atom is -0.497 e. The molecule has 4 rings (SSSR count). The van der Waals surface area contributed by atoms with E-state index in [9.17, 15) is 4.79 Å². The number of nitrogens with zero attached hydrogens (tertiary/aromatic N) is 1. The fourth-order valence-electron chi connectivity index (χ4n) is 3.14. The smallest absolute Gasteiger partial charge is 0.266 e. The van der Waals surface area contributed by atoms with Crippen LogP contribution in [0.1, 0.15) is 16.7 Å². The Morgan fingerprint density at radius 1 is 1.00 bits per heavy atom. The molecule has 1 amide bonds. The Morgan fingerprint density at radius 3 is 2.38 bits per heavy atom. The first-order valence-corrected chi connectivity index (χ1v) is 11.5. The second-order valence-corrected chi connectivity index (χ2v) is 9.15. The van der Waals surface area contributed by atoms with Gasteiger partial charge >= 0.3 is 0 Å². The lowest BCUT2D eigenvalue weighted by Crippen LogP contribution is -2.27. The third kappa shape index (κ3) is 5.33. The molecule has 0 N–H and O–H groups in total. The lowest BCUT2D eigenvalue weighted by atomic mass is 10.2. The van der Waals surface area contributed by atoms with Crippen LogP contribution in [0.15, 0.2) is 77.7 Å². The zero-order valence-electron chi connectivity index (χ0n) is 17.3. The highest BCUT2D eigenvalue weighted by Gasteiger charge is 2.31. The molecule has 0 bridgehead atoms. The molecule has 1 aliphatic heterocycles. The zero-order chi connectivity index (χ0) is 22.5. The molecule has 0 radical (unpaired) electrons. The highest BCUT2D eigenvalue weighted by Crippen LogP contribution is 2.34. The summed E-state index contributed by atoms with van der Waals surface area (Å²) in [7, 11) is 1.62. The van der Waals surface area contributed by atoms with Gasteiger partial charge in [0.25, 0.3) is 5.91 Å². The summed E-state index contributed by atoms with van der Waals surface area (Å²) in [6.07, 6.45) is 1.85. The highest BCUT2D eigenvalue weighted by molar-refractivity contribution is 8.26. The quantitative estimate of drug-likeness (QED) is 0.291. The van der Waals surface area contributed by atoms with Crippen LogP contribution >= 0.6 is 35.6 Å². The number of thioether (sulfide) groups is 1. The highest BCUT2D eigenvalue weighted by atomic mass is 35.5. The Kier molecular flexibility index (Phi) is 7.15. The van der Waals surface area contributed by atoms with Gasteiger partial charge in [0.15, 0.2) is 0 Å². The van der Waals surface area contributed by atoms with E-state index in [4.69, 9.17) is 33.3 Å².